The van der Waals surface area contributed by atoms with Crippen molar-refractivity contribution in [3.8, 4) is 0 Å². The van der Waals surface area contributed by atoms with Crippen LogP contribution in [0.25, 0.3) is 0 Å². The van der Waals surface area contributed by atoms with E-state index in [1.807, 2.05) is 0 Å². The molecule has 2 N–H and O–H groups in total. The highest BCUT2D eigenvalue weighted by Gasteiger charge is 2.29. The molecule has 0 spiro atoms. The zero-order chi connectivity index (χ0) is 14.6. The van der Waals surface area contributed by atoms with Gasteiger partial charge in [0.2, 0.25) is 10.0 Å². The van der Waals surface area contributed by atoms with E-state index in [0.29, 0.717) is 12.2 Å². The van der Waals surface area contributed by atoms with Crippen molar-refractivity contribution >= 4 is 16.0 Å². The molecule has 2 atom stereocenters. The lowest BCUT2D eigenvalue weighted by molar-refractivity contribution is -0.140. The summed E-state index contributed by atoms with van der Waals surface area (Å²) in [6.45, 7) is 5.13. The van der Waals surface area contributed by atoms with Gasteiger partial charge in [0.1, 0.15) is 23.2 Å². The van der Waals surface area contributed by atoms with Crippen molar-refractivity contribution in [2.45, 2.75) is 39.0 Å². The average Bonchev–Trinajstić information content (AvgIpc) is 2.69. The molecule has 0 aliphatic heterocycles. The van der Waals surface area contributed by atoms with Crippen LogP contribution in [-0.2, 0) is 20.6 Å². The number of nitrogens with zero attached hydrogens (tertiary/aromatic N) is 1. The second-order valence-corrected chi connectivity index (χ2v) is 6.26. The van der Waals surface area contributed by atoms with E-state index in [0.717, 1.165) is 0 Å². The number of aliphatic carboxylic acids is 1. The molecule has 0 aliphatic carbocycles. The van der Waals surface area contributed by atoms with Gasteiger partial charge in [-0.1, -0.05) is 25.4 Å². The Balaban J connectivity index is 2.80. The smallest absolute Gasteiger partial charge is 0.322 e. The van der Waals surface area contributed by atoms with Crippen LogP contribution in [0, 0.1) is 12.8 Å². The molecule has 0 aliphatic rings. The van der Waals surface area contributed by atoms with Crippen LogP contribution in [0.2, 0.25) is 0 Å². The van der Waals surface area contributed by atoms with Crippen LogP contribution in [-0.4, -0.2) is 30.7 Å². The number of rotatable bonds is 7. The third-order valence-electron chi connectivity index (χ3n) is 2.80. The summed E-state index contributed by atoms with van der Waals surface area (Å²) in [7, 11) is -3.77. The fourth-order valence-corrected chi connectivity index (χ4v) is 2.89. The van der Waals surface area contributed by atoms with E-state index >= 15 is 0 Å². The second kappa shape index (κ2) is 6.16. The maximum Gasteiger partial charge on any atom is 0.322 e. The molecule has 0 amide bonds. The first-order valence-electron chi connectivity index (χ1n) is 5.90. The highest BCUT2D eigenvalue weighted by atomic mass is 32.2. The van der Waals surface area contributed by atoms with Crippen molar-refractivity contribution in [2.75, 3.05) is 0 Å². The molecule has 1 heterocycles. The monoisotopic (exact) mass is 290 g/mol. The summed E-state index contributed by atoms with van der Waals surface area (Å²) < 4.78 is 30.7. The Morgan fingerprint density at radius 2 is 2.21 bits per heavy atom. The summed E-state index contributed by atoms with van der Waals surface area (Å²) in [5.41, 5.74) is 0.248. The summed E-state index contributed by atoms with van der Waals surface area (Å²) in [5, 5.41) is 12.6. The summed E-state index contributed by atoms with van der Waals surface area (Å²) in [5.74, 6) is -1.38. The predicted octanol–water partition coefficient (Wildman–Crippen LogP) is 0.902. The van der Waals surface area contributed by atoms with Gasteiger partial charge in [0, 0.05) is 6.07 Å². The van der Waals surface area contributed by atoms with E-state index < -0.39 is 27.8 Å². The molecule has 1 aromatic heterocycles. The van der Waals surface area contributed by atoms with Crippen molar-refractivity contribution in [3.63, 3.8) is 0 Å². The number of aryl methyl sites for hydroxylation is 1. The van der Waals surface area contributed by atoms with Crippen LogP contribution >= 0.6 is 0 Å². The third kappa shape index (κ3) is 4.64. The largest absolute Gasteiger partial charge is 0.480 e. The number of aromatic nitrogens is 1. The number of carbonyl (C=O) groups is 1. The van der Waals surface area contributed by atoms with Crippen molar-refractivity contribution < 1.29 is 22.8 Å². The Morgan fingerprint density at radius 1 is 1.58 bits per heavy atom. The summed E-state index contributed by atoms with van der Waals surface area (Å²) >= 11 is 0. The second-order valence-electron chi connectivity index (χ2n) is 4.51. The highest BCUT2D eigenvalue weighted by Crippen LogP contribution is 2.11. The van der Waals surface area contributed by atoms with Gasteiger partial charge in [0.25, 0.3) is 0 Å². The van der Waals surface area contributed by atoms with Gasteiger partial charge in [-0.05, 0) is 12.8 Å². The van der Waals surface area contributed by atoms with Crippen molar-refractivity contribution in [1.29, 1.82) is 0 Å². The fourth-order valence-electron chi connectivity index (χ4n) is 1.56. The molecule has 0 saturated carbocycles. The van der Waals surface area contributed by atoms with E-state index in [9.17, 15) is 13.2 Å². The number of sulfonamides is 1. The molecular formula is C11H18N2O5S. The van der Waals surface area contributed by atoms with E-state index in [-0.39, 0.29) is 11.6 Å². The van der Waals surface area contributed by atoms with Gasteiger partial charge in [-0.15, -0.1) is 0 Å². The molecule has 7 nitrogen and oxygen atoms in total. The first kappa shape index (κ1) is 15.6. The Hall–Kier alpha value is -1.41. The minimum absolute atomic E-state index is 0.248. The molecule has 1 aromatic rings. The standard InChI is InChI=1S/C11H18N2O5S/c1-4-7(2)10(11(14)15)13-19(16,17)6-9-5-8(3)18-12-9/h5,7,10,13H,4,6H2,1-3H3,(H,14,15)/t7-,10-/m0/s1. The maximum absolute atomic E-state index is 11.9. The molecule has 0 radical (unpaired) electrons. The van der Waals surface area contributed by atoms with Gasteiger partial charge in [0.15, 0.2) is 0 Å². The zero-order valence-electron chi connectivity index (χ0n) is 11.1. The molecule has 19 heavy (non-hydrogen) atoms. The molecule has 8 heteroatoms. The molecule has 0 bridgehead atoms. The fraction of sp³-hybridized carbons (Fsp3) is 0.636. The number of hydrogen-bond donors (Lipinski definition) is 2. The molecule has 1 rings (SSSR count). The molecule has 0 fully saturated rings. The van der Waals surface area contributed by atoms with E-state index in [1.54, 1.807) is 20.8 Å². The molecule has 0 saturated heterocycles. The van der Waals surface area contributed by atoms with Gasteiger partial charge >= 0.3 is 5.97 Å². The normalized spacial score (nSPS) is 15.1. The lowest BCUT2D eigenvalue weighted by atomic mass is 10.0. The third-order valence-corrected chi connectivity index (χ3v) is 4.09. The molecule has 0 aromatic carbocycles. The van der Waals surface area contributed by atoms with Crippen LogP contribution in [0.1, 0.15) is 31.7 Å². The summed E-state index contributed by atoms with van der Waals surface area (Å²) in [6, 6.07) is 0.362. The van der Waals surface area contributed by atoms with E-state index in [1.165, 1.54) is 6.07 Å². The van der Waals surface area contributed by atoms with Crippen molar-refractivity contribution in [1.82, 2.24) is 9.88 Å². The number of carboxylic acids is 1. The lowest BCUT2D eigenvalue weighted by Gasteiger charge is -2.19. The highest BCUT2D eigenvalue weighted by molar-refractivity contribution is 7.88. The van der Waals surface area contributed by atoms with Gasteiger partial charge in [-0.3, -0.25) is 4.79 Å². The van der Waals surface area contributed by atoms with Crippen LogP contribution in [0.15, 0.2) is 10.6 Å². The Morgan fingerprint density at radius 3 is 2.63 bits per heavy atom. The van der Waals surface area contributed by atoms with Crippen LogP contribution in [0.3, 0.4) is 0 Å². The molecule has 108 valence electrons. The first-order chi connectivity index (χ1) is 8.75. The van der Waals surface area contributed by atoms with Gasteiger partial charge < -0.3 is 9.63 Å². The first-order valence-corrected chi connectivity index (χ1v) is 7.55. The van der Waals surface area contributed by atoms with Crippen LogP contribution in [0.5, 0.6) is 0 Å². The molecular weight excluding hydrogens is 272 g/mol. The Kier molecular flexibility index (Phi) is 5.07. The minimum atomic E-state index is -3.77. The Labute approximate surface area is 112 Å². The van der Waals surface area contributed by atoms with Gasteiger partial charge in [-0.2, -0.15) is 0 Å². The van der Waals surface area contributed by atoms with E-state index in [4.69, 9.17) is 9.63 Å². The van der Waals surface area contributed by atoms with Gasteiger partial charge in [0.05, 0.1) is 0 Å². The molecule has 0 unspecified atom stereocenters. The zero-order valence-corrected chi connectivity index (χ0v) is 11.9. The van der Waals surface area contributed by atoms with Crippen molar-refractivity contribution in [2.24, 2.45) is 5.92 Å². The van der Waals surface area contributed by atoms with Crippen molar-refractivity contribution in [3.05, 3.63) is 17.5 Å². The average molecular weight is 290 g/mol. The number of nitrogens with one attached hydrogen (secondary N) is 1. The van der Waals surface area contributed by atoms with Gasteiger partial charge in [-0.25, -0.2) is 13.1 Å². The maximum atomic E-state index is 11.9. The topological polar surface area (TPSA) is 110 Å². The Bertz CT molecular complexity index is 537. The minimum Gasteiger partial charge on any atom is -0.480 e. The quantitative estimate of drug-likeness (QED) is 0.772. The number of hydrogen-bond acceptors (Lipinski definition) is 5. The number of carboxylic acid groups (broad SMARTS) is 1. The predicted molar refractivity (Wildman–Crippen MR) is 67.9 cm³/mol. The lowest BCUT2D eigenvalue weighted by Crippen LogP contribution is -2.45. The van der Waals surface area contributed by atoms with E-state index in [2.05, 4.69) is 9.88 Å². The van der Waals surface area contributed by atoms with Crippen LogP contribution < -0.4 is 4.72 Å². The summed E-state index contributed by atoms with van der Waals surface area (Å²) in [4.78, 5) is 11.1. The van der Waals surface area contributed by atoms with Crippen LogP contribution in [0.4, 0.5) is 0 Å². The summed E-state index contributed by atoms with van der Waals surface area (Å²) in [6.07, 6.45) is 0.558. The SMILES string of the molecule is CC[C@H](C)[C@H](NS(=O)(=O)Cc1cc(C)on1)C(=O)O.